The molecule has 3 aromatic rings. The van der Waals surface area contributed by atoms with Gasteiger partial charge in [0.05, 0.1) is 6.04 Å². The lowest BCUT2D eigenvalue weighted by molar-refractivity contribution is 0.618. The van der Waals surface area contributed by atoms with Crippen LogP contribution < -0.4 is 5.73 Å². The van der Waals surface area contributed by atoms with Crippen molar-refractivity contribution in [3.8, 4) is 11.5 Å². The Hall–Kier alpha value is -1.65. The molecular weight excluding hydrogens is 280 g/mol. The van der Waals surface area contributed by atoms with Gasteiger partial charge in [0.15, 0.2) is 5.76 Å². The Morgan fingerprint density at radius 2 is 2.10 bits per heavy atom. The summed E-state index contributed by atoms with van der Waals surface area (Å²) in [6.07, 6.45) is 2.97. The van der Waals surface area contributed by atoms with Crippen LogP contribution in [0.1, 0.15) is 43.3 Å². The summed E-state index contributed by atoms with van der Waals surface area (Å²) in [5.41, 5.74) is 9.23. The second-order valence-electron chi connectivity index (χ2n) is 5.23. The van der Waals surface area contributed by atoms with Gasteiger partial charge < -0.3 is 10.2 Å². The minimum Gasteiger partial charge on any atom is -0.454 e. The van der Waals surface area contributed by atoms with E-state index in [-0.39, 0.29) is 6.04 Å². The molecule has 0 saturated carbocycles. The van der Waals surface area contributed by atoms with Crippen molar-refractivity contribution in [2.24, 2.45) is 5.73 Å². The van der Waals surface area contributed by atoms with Gasteiger partial charge in [0.2, 0.25) is 0 Å². The predicted molar refractivity (Wildman–Crippen MR) is 88.5 cm³/mol. The van der Waals surface area contributed by atoms with E-state index in [1.165, 1.54) is 10.9 Å². The van der Waals surface area contributed by atoms with Gasteiger partial charge >= 0.3 is 0 Å². The minimum absolute atomic E-state index is 0.0307. The van der Waals surface area contributed by atoms with Crippen LogP contribution in [0, 0.1) is 0 Å². The Kier molecular flexibility index (Phi) is 4.08. The van der Waals surface area contributed by atoms with Gasteiger partial charge in [-0.3, -0.25) is 0 Å². The highest BCUT2D eigenvalue weighted by molar-refractivity contribution is 7.10. The minimum atomic E-state index is 0.0307. The predicted octanol–water partition coefficient (Wildman–Crippen LogP) is 4.92. The van der Waals surface area contributed by atoms with Crippen molar-refractivity contribution >= 4 is 22.3 Å². The standard InChI is InChI=1S/C17H20N2OS/c1-3-7-13(18)17-19-14(10-21-17)16-11(4-2)12-8-5-6-9-15(12)20-16/h5-6,8-10,13H,3-4,7,18H2,1-2H3. The number of hydrogen-bond acceptors (Lipinski definition) is 4. The van der Waals surface area contributed by atoms with E-state index < -0.39 is 0 Å². The normalized spacial score (nSPS) is 12.9. The maximum atomic E-state index is 6.16. The largest absolute Gasteiger partial charge is 0.454 e. The lowest BCUT2D eigenvalue weighted by Crippen LogP contribution is -2.09. The first-order valence-electron chi connectivity index (χ1n) is 7.46. The van der Waals surface area contributed by atoms with Gasteiger partial charge in [-0.1, -0.05) is 38.5 Å². The van der Waals surface area contributed by atoms with E-state index in [0.717, 1.165) is 41.3 Å². The molecule has 0 bridgehead atoms. The van der Waals surface area contributed by atoms with Crippen LogP contribution in [0.25, 0.3) is 22.4 Å². The van der Waals surface area contributed by atoms with Gasteiger partial charge in [-0.2, -0.15) is 0 Å². The zero-order valence-corrected chi connectivity index (χ0v) is 13.2. The topological polar surface area (TPSA) is 52.0 Å². The molecule has 0 radical (unpaired) electrons. The number of aryl methyl sites for hydroxylation is 1. The van der Waals surface area contributed by atoms with Gasteiger partial charge in [0.1, 0.15) is 16.3 Å². The molecule has 4 heteroatoms. The van der Waals surface area contributed by atoms with E-state index in [1.807, 2.05) is 18.2 Å². The number of hydrogen-bond donors (Lipinski definition) is 1. The van der Waals surface area contributed by atoms with Gasteiger partial charge in [0.25, 0.3) is 0 Å². The van der Waals surface area contributed by atoms with E-state index in [0.29, 0.717) is 0 Å². The van der Waals surface area contributed by atoms with Crippen LogP contribution in [0.15, 0.2) is 34.1 Å². The summed E-state index contributed by atoms with van der Waals surface area (Å²) in [5.74, 6) is 0.893. The SMILES string of the molecule is CCCC(N)c1nc(-c2oc3ccccc3c2CC)cs1. The van der Waals surface area contributed by atoms with Gasteiger partial charge in [-0.25, -0.2) is 4.98 Å². The average Bonchev–Trinajstić information content (AvgIpc) is 3.11. The molecule has 0 aliphatic heterocycles. The lowest BCUT2D eigenvalue weighted by Gasteiger charge is -2.04. The molecule has 1 atom stereocenters. The van der Waals surface area contributed by atoms with Crippen LogP contribution in [0.3, 0.4) is 0 Å². The molecule has 1 aromatic carbocycles. The highest BCUT2D eigenvalue weighted by atomic mass is 32.1. The van der Waals surface area contributed by atoms with Gasteiger partial charge in [-0.05, 0) is 18.9 Å². The molecule has 0 aliphatic rings. The third-order valence-electron chi connectivity index (χ3n) is 3.72. The Labute approximate surface area is 128 Å². The second-order valence-corrected chi connectivity index (χ2v) is 6.12. The van der Waals surface area contributed by atoms with Crippen molar-refractivity contribution in [3.05, 3.63) is 40.2 Å². The number of fused-ring (bicyclic) bond motifs is 1. The number of aromatic nitrogens is 1. The molecule has 0 spiro atoms. The molecule has 3 nitrogen and oxygen atoms in total. The second kappa shape index (κ2) is 6.00. The highest BCUT2D eigenvalue weighted by Crippen LogP contribution is 2.35. The molecule has 0 saturated heterocycles. The zero-order chi connectivity index (χ0) is 14.8. The van der Waals surface area contributed by atoms with Crippen molar-refractivity contribution in [2.75, 3.05) is 0 Å². The third kappa shape index (κ3) is 2.61. The van der Waals surface area contributed by atoms with E-state index in [1.54, 1.807) is 11.3 Å². The number of thiazole rings is 1. The van der Waals surface area contributed by atoms with E-state index in [2.05, 4.69) is 25.3 Å². The molecule has 2 aromatic heterocycles. The first-order valence-corrected chi connectivity index (χ1v) is 8.34. The van der Waals surface area contributed by atoms with Crippen molar-refractivity contribution in [1.82, 2.24) is 4.98 Å². The van der Waals surface area contributed by atoms with E-state index >= 15 is 0 Å². The van der Waals surface area contributed by atoms with Crippen LogP contribution in [0.5, 0.6) is 0 Å². The zero-order valence-electron chi connectivity index (χ0n) is 12.4. The molecule has 0 aliphatic carbocycles. The van der Waals surface area contributed by atoms with Crippen molar-refractivity contribution in [3.63, 3.8) is 0 Å². The Bertz CT molecular complexity index is 744. The fourth-order valence-corrected chi connectivity index (χ4v) is 3.49. The quantitative estimate of drug-likeness (QED) is 0.727. The number of nitrogens with two attached hydrogens (primary N) is 1. The third-order valence-corrected chi connectivity index (χ3v) is 4.70. The van der Waals surface area contributed by atoms with Gasteiger partial charge in [0, 0.05) is 16.3 Å². The smallest absolute Gasteiger partial charge is 0.157 e. The number of para-hydroxylation sites is 1. The summed E-state index contributed by atoms with van der Waals surface area (Å²) >= 11 is 1.63. The summed E-state index contributed by atoms with van der Waals surface area (Å²) in [6, 6.07) is 8.19. The molecule has 1 unspecified atom stereocenters. The van der Waals surface area contributed by atoms with Crippen molar-refractivity contribution in [2.45, 2.75) is 39.2 Å². The lowest BCUT2D eigenvalue weighted by atomic mass is 10.1. The molecule has 110 valence electrons. The van der Waals surface area contributed by atoms with E-state index in [9.17, 15) is 0 Å². The fraction of sp³-hybridized carbons (Fsp3) is 0.353. The average molecular weight is 300 g/mol. The van der Waals surface area contributed by atoms with Crippen LogP contribution >= 0.6 is 11.3 Å². The monoisotopic (exact) mass is 300 g/mol. The molecular formula is C17H20N2OS. The molecule has 2 heterocycles. The van der Waals surface area contributed by atoms with Crippen LogP contribution in [0.4, 0.5) is 0 Å². The van der Waals surface area contributed by atoms with Gasteiger partial charge in [-0.15, -0.1) is 11.3 Å². The summed E-state index contributed by atoms with van der Waals surface area (Å²) < 4.78 is 6.03. The molecule has 0 fully saturated rings. The first-order chi connectivity index (χ1) is 10.2. The summed E-state index contributed by atoms with van der Waals surface area (Å²) in [7, 11) is 0. The first kappa shape index (κ1) is 14.3. The maximum absolute atomic E-state index is 6.16. The number of nitrogens with zero attached hydrogens (tertiary/aromatic N) is 1. The number of rotatable bonds is 5. The van der Waals surface area contributed by atoms with E-state index in [4.69, 9.17) is 15.1 Å². The Morgan fingerprint density at radius 1 is 1.29 bits per heavy atom. The van der Waals surface area contributed by atoms with Crippen LogP contribution in [0.2, 0.25) is 0 Å². The summed E-state index contributed by atoms with van der Waals surface area (Å²) in [4.78, 5) is 4.70. The Balaban J connectivity index is 2.04. The molecule has 21 heavy (non-hydrogen) atoms. The number of furan rings is 1. The summed E-state index contributed by atoms with van der Waals surface area (Å²) in [5, 5.41) is 4.23. The molecule has 3 rings (SSSR count). The number of benzene rings is 1. The van der Waals surface area contributed by atoms with Crippen molar-refractivity contribution < 1.29 is 4.42 Å². The van der Waals surface area contributed by atoms with Crippen LogP contribution in [-0.2, 0) is 6.42 Å². The highest BCUT2D eigenvalue weighted by Gasteiger charge is 2.18. The van der Waals surface area contributed by atoms with Crippen LogP contribution in [-0.4, -0.2) is 4.98 Å². The molecule has 2 N–H and O–H groups in total. The molecule has 0 amide bonds. The Morgan fingerprint density at radius 3 is 2.86 bits per heavy atom. The maximum Gasteiger partial charge on any atom is 0.157 e. The summed E-state index contributed by atoms with van der Waals surface area (Å²) in [6.45, 7) is 4.29. The van der Waals surface area contributed by atoms with Crippen molar-refractivity contribution in [1.29, 1.82) is 0 Å². The fourth-order valence-electron chi connectivity index (χ4n) is 2.65.